The zero-order chi connectivity index (χ0) is 13.0. The third-order valence-corrected chi connectivity index (χ3v) is 3.83. The predicted octanol–water partition coefficient (Wildman–Crippen LogP) is 1.68. The van der Waals surface area contributed by atoms with Crippen molar-refractivity contribution < 1.29 is 4.79 Å². The van der Waals surface area contributed by atoms with E-state index in [9.17, 15) is 4.79 Å². The van der Waals surface area contributed by atoms with E-state index < -0.39 is 0 Å². The minimum atomic E-state index is 0.0376. The maximum atomic E-state index is 12.0. The molecule has 18 heavy (non-hydrogen) atoms. The van der Waals surface area contributed by atoms with Crippen LogP contribution in [0.1, 0.15) is 6.92 Å². The fourth-order valence-electron chi connectivity index (χ4n) is 2.05. The Morgan fingerprint density at radius 2 is 2.33 bits per heavy atom. The van der Waals surface area contributed by atoms with Gasteiger partial charge in [0.05, 0.1) is 12.2 Å². The molecule has 0 radical (unpaired) electrons. The summed E-state index contributed by atoms with van der Waals surface area (Å²) >= 11 is 3.42. The lowest BCUT2D eigenvalue weighted by molar-refractivity contribution is -0.118. The van der Waals surface area contributed by atoms with Gasteiger partial charge in [-0.25, -0.2) is 0 Å². The van der Waals surface area contributed by atoms with Crippen LogP contribution in [0.15, 0.2) is 28.7 Å². The maximum Gasteiger partial charge on any atom is 0.238 e. The quantitative estimate of drug-likeness (QED) is 0.892. The van der Waals surface area contributed by atoms with Crippen LogP contribution in [0, 0.1) is 0 Å². The highest BCUT2D eigenvalue weighted by Crippen LogP contribution is 2.21. The molecule has 1 saturated heterocycles. The molecule has 1 atom stereocenters. The molecule has 0 aromatic heterocycles. The van der Waals surface area contributed by atoms with E-state index in [-0.39, 0.29) is 5.91 Å². The van der Waals surface area contributed by atoms with E-state index in [1.54, 1.807) is 0 Å². The molecule has 0 saturated carbocycles. The van der Waals surface area contributed by atoms with Crippen LogP contribution in [-0.2, 0) is 4.79 Å². The van der Waals surface area contributed by atoms with Gasteiger partial charge in [-0.1, -0.05) is 12.1 Å². The van der Waals surface area contributed by atoms with Crippen molar-refractivity contribution >= 4 is 27.5 Å². The van der Waals surface area contributed by atoms with E-state index in [0.29, 0.717) is 12.6 Å². The summed E-state index contributed by atoms with van der Waals surface area (Å²) in [6.07, 6.45) is 0. The molecule has 0 spiro atoms. The molecule has 0 unspecified atom stereocenters. The van der Waals surface area contributed by atoms with Crippen molar-refractivity contribution in [2.75, 3.05) is 31.5 Å². The van der Waals surface area contributed by atoms with Crippen molar-refractivity contribution in [1.82, 2.24) is 10.2 Å². The molecule has 1 aliphatic heterocycles. The zero-order valence-corrected chi connectivity index (χ0v) is 12.0. The largest absolute Gasteiger partial charge is 0.324 e. The van der Waals surface area contributed by atoms with Crippen molar-refractivity contribution in [3.05, 3.63) is 28.7 Å². The van der Waals surface area contributed by atoms with Gasteiger partial charge in [0.15, 0.2) is 0 Å². The third-order valence-electron chi connectivity index (χ3n) is 3.13. The number of halogens is 1. The molecular weight excluding hydrogens is 294 g/mol. The van der Waals surface area contributed by atoms with Crippen molar-refractivity contribution in [3.8, 4) is 0 Å². The summed E-state index contributed by atoms with van der Waals surface area (Å²) in [6, 6.07) is 8.06. The summed E-state index contributed by atoms with van der Waals surface area (Å²) in [7, 11) is 0. The normalized spacial score (nSPS) is 20.7. The molecule has 0 bridgehead atoms. The number of para-hydroxylation sites is 1. The molecule has 1 fully saturated rings. The van der Waals surface area contributed by atoms with Gasteiger partial charge in [0.2, 0.25) is 5.91 Å². The predicted molar refractivity (Wildman–Crippen MR) is 76.7 cm³/mol. The number of carbonyl (C=O) groups excluding carboxylic acids is 1. The van der Waals surface area contributed by atoms with E-state index in [4.69, 9.17) is 0 Å². The number of nitrogens with one attached hydrogen (secondary N) is 2. The number of amides is 1. The molecule has 1 aromatic carbocycles. The Labute approximate surface area is 116 Å². The molecule has 1 amide bonds. The minimum absolute atomic E-state index is 0.0376. The van der Waals surface area contributed by atoms with Gasteiger partial charge in [0.1, 0.15) is 0 Å². The first kappa shape index (κ1) is 13.5. The molecule has 1 heterocycles. The van der Waals surface area contributed by atoms with Crippen LogP contribution in [0.3, 0.4) is 0 Å². The van der Waals surface area contributed by atoms with Gasteiger partial charge >= 0.3 is 0 Å². The van der Waals surface area contributed by atoms with Gasteiger partial charge in [-0.05, 0) is 35.0 Å². The van der Waals surface area contributed by atoms with Gasteiger partial charge in [-0.3, -0.25) is 9.69 Å². The molecule has 0 aliphatic carbocycles. The fraction of sp³-hybridized carbons (Fsp3) is 0.462. The summed E-state index contributed by atoms with van der Waals surface area (Å²) in [4.78, 5) is 14.2. The van der Waals surface area contributed by atoms with Crippen LogP contribution in [0.2, 0.25) is 0 Å². The first-order valence-electron chi connectivity index (χ1n) is 6.16. The average Bonchev–Trinajstić information content (AvgIpc) is 2.35. The van der Waals surface area contributed by atoms with Crippen molar-refractivity contribution in [3.63, 3.8) is 0 Å². The summed E-state index contributed by atoms with van der Waals surface area (Å²) in [5.41, 5.74) is 0.824. The monoisotopic (exact) mass is 311 g/mol. The highest BCUT2D eigenvalue weighted by Gasteiger charge is 2.20. The topological polar surface area (TPSA) is 44.4 Å². The summed E-state index contributed by atoms with van der Waals surface area (Å²) < 4.78 is 0.909. The van der Waals surface area contributed by atoms with E-state index >= 15 is 0 Å². The number of anilines is 1. The van der Waals surface area contributed by atoms with Crippen LogP contribution < -0.4 is 10.6 Å². The van der Waals surface area contributed by atoms with Crippen LogP contribution in [-0.4, -0.2) is 43.0 Å². The Kier molecular flexibility index (Phi) is 4.74. The minimum Gasteiger partial charge on any atom is -0.324 e. The Hall–Kier alpha value is -0.910. The zero-order valence-electron chi connectivity index (χ0n) is 10.4. The van der Waals surface area contributed by atoms with Crippen LogP contribution in [0.25, 0.3) is 0 Å². The first-order valence-corrected chi connectivity index (χ1v) is 6.95. The molecule has 1 aromatic rings. The average molecular weight is 312 g/mol. The Balaban J connectivity index is 1.90. The first-order chi connectivity index (χ1) is 8.66. The standard InChI is InChI=1S/C13H18BrN3O/c1-10-8-15-6-7-17(10)9-13(18)16-12-5-3-2-4-11(12)14/h2-5,10,15H,6-9H2,1H3,(H,16,18)/t10-/m0/s1. The molecule has 5 heteroatoms. The van der Waals surface area contributed by atoms with Gasteiger partial charge < -0.3 is 10.6 Å². The second-order valence-electron chi connectivity index (χ2n) is 4.55. The Morgan fingerprint density at radius 1 is 1.56 bits per heavy atom. The number of nitrogens with zero attached hydrogens (tertiary/aromatic N) is 1. The number of hydrogen-bond donors (Lipinski definition) is 2. The lowest BCUT2D eigenvalue weighted by atomic mass is 10.2. The second-order valence-corrected chi connectivity index (χ2v) is 5.41. The number of piperazine rings is 1. The fourth-order valence-corrected chi connectivity index (χ4v) is 2.44. The van der Waals surface area contributed by atoms with Gasteiger partial charge in [-0.2, -0.15) is 0 Å². The summed E-state index contributed by atoms with van der Waals surface area (Å²) in [5.74, 6) is 0.0376. The molecule has 2 N–H and O–H groups in total. The number of rotatable bonds is 3. The van der Waals surface area contributed by atoms with Gasteiger partial charge in [0.25, 0.3) is 0 Å². The van der Waals surface area contributed by atoms with Crippen molar-refractivity contribution in [2.45, 2.75) is 13.0 Å². The molecule has 1 aliphatic rings. The van der Waals surface area contributed by atoms with E-state index in [0.717, 1.165) is 29.8 Å². The van der Waals surface area contributed by atoms with Crippen molar-refractivity contribution in [2.24, 2.45) is 0 Å². The summed E-state index contributed by atoms with van der Waals surface area (Å²) in [5, 5.41) is 6.25. The third kappa shape index (κ3) is 3.54. The second kappa shape index (κ2) is 6.31. The van der Waals surface area contributed by atoms with Gasteiger partial charge in [0, 0.05) is 30.1 Å². The van der Waals surface area contributed by atoms with Crippen LogP contribution >= 0.6 is 15.9 Å². The smallest absolute Gasteiger partial charge is 0.238 e. The van der Waals surface area contributed by atoms with E-state index in [1.807, 2.05) is 24.3 Å². The molecule has 98 valence electrons. The van der Waals surface area contributed by atoms with Crippen LogP contribution in [0.5, 0.6) is 0 Å². The number of carbonyl (C=O) groups is 1. The lowest BCUT2D eigenvalue weighted by Gasteiger charge is -2.33. The molecular formula is C13H18BrN3O. The van der Waals surface area contributed by atoms with Crippen molar-refractivity contribution in [1.29, 1.82) is 0 Å². The Bertz CT molecular complexity index is 424. The molecule has 2 rings (SSSR count). The highest BCUT2D eigenvalue weighted by atomic mass is 79.9. The highest BCUT2D eigenvalue weighted by molar-refractivity contribution is 9.10. The van der Waals surface area contributed by atoms with E-state index in [2.05, 4.69) is 38.4 Å². The number of benzene rings is 1. The number of hydrogen-bond acceptors (Lipinski definition) is 3. The van der Waals surface area contributed by atoms with Gasteiger partial charge in [-0.15, -0.1) is 0 Å². The summed E-state index contributed by atoms with van der Waals surface area (Å²) in [6.45, 7) is 5.40. The van der Waals surface area contributed by atoms with Crippen LogP contribution in [0.4, 0.5) is 5.69 Å². The lowest BCUT2D eigenvalue weighted by Crippen LogP contribution is -2.51. The Morgan fingerprint density at radius 3 is 3.06 bits per heavy atom. The molecule has 4 nitrogen and oxygen atoms in total. The SMILES string of the molecule is C[C@H]1CNCCN1CC(=O)Nc1ccccc1Br. The van der Waals surface area contributed by atoms with E-state index in [1.165, 1.54) is 0 Å². The maximum absolute atomic E-state index is 12.0.